The van der Waals surface area contributed by atoms with Gasteiger partial charge in [0, 0.05) is 11.6 Å². The van der Waals surface area contributed by atoms with Crippen molar-refractivity contribution in [3.05, 3.63) is 70.1 Å². The van der Waals surface area contributed by atoms with Gasteiger partial charge in [0.15, 0.2) is 5.82 Å². The second kappa shape index (κ2) is 7.67. The SMILES string of the molecule is COc1ccc(-c2nc3nc(CNc4cc(C)ccc4OC)cc(=O)n3[nH]2)cc1. The van der Waals surface area contributed by atoms with Crippen molar-refractivity contribution in [1.29, 1.82) is 0 Å². The van der Waals surface area contributed by atoms with Crippen LogP contribution in [0.2, 0.25) is 0 Å². The van der Waals surface area contributed by atoms with Crippen LogP contribution >= 0.6 is 0 Å². The third-order valence-corrected chi connectivity index (χ3v) is 4.56. The molecule has 2 heterocycles. The summed E-state index contributed by atoms with van der Waals surface area (Å²) in [6.07, 6.45) is 0. The van der Waals surface area contributed by atoms with Crippen molar-refractivity contribution in [3.63, 3.8) is 0 Å². The van der Waals surface area contributed by atoms with Gasteiger partial charge >= 0.3 is 0 Å². The second-order valence-corrected chi connectivity index (χ2v) is 6.58. The number of nitrogens with one attached hydrogen (secondary N) is 2. The molecule has 148 valence electrons. The van der Waals surface area contributed by atoms with Crippen LogP contribution in [0, 0.1) is 6.92 Å². The number of hydrogen-bond acceptors (Lipinski definition) is 6. The molecule has 0 saturated heterocycles. The van der Waals surface area contributed by atoms with Gasteiger partial charge in [0.2, 0.25) is 0 Å². The van der Waals surface area contributed by atoms with E-state index < -0.39 is 0 Å². The highest BCUT2D eigenvalue weighted by Gasteiger charge is 2.11. The van der Waals surface area contributed by atoms with Gasteiger partial charge in [0.1, 0.15) is 11.5 Å². The normalized spacial score (nSPS) is 10.9. The highest BCUT2D eigenvalue weighted by atomic mass is 16.5. The minimum atomic E-state index is -0.227. The minimum absolute atomic E-state index is 0.227. The molecular weight excluding hydrogens is 370 g/mol. The van der Waals surface area contributed by atoms with Crippen LogP contribution in [0.25, 0.3) is 17.2 Å². The summed E-state index contributed by atoms with van der Waals surface area (Å²) in [4.78, 5) is 21.5. The predicted octanol–water partition coefficient (Wildman–Crippen LogP) is 3.02. The maximum atomic E-state index is 12.5. The van der Waals surface area contributed by atoms with Crippen molar-refractivity contribution in [2.24, 2.45) is 0 Å². The van der Waals surface area contributed by atoms with Gasteiger partial charge in [-0.2, -0.15) is 9.50 Å². The standard InChI is InChI=1S/C21H21N5O3/c1-13-4-9-18(29-3)17(10-13)22-12-15-11-19(27)26-21(23-15)24-20(25-26)14-5-7-16(28-2)8-6-14/h4-11,22H,12H2,1-3H3,(H,23,24,25). The van der Waals surface area contributed by atoms with E-state index in [9.17, 15) is 4.79 Å². The molecule has 4 aromatic rings. The van der Waals surface area contributed by atoms with Crippen LogP contribution in [0.15, 0.2) is 53.3 Å². The van der Waals surface area contributed by atoms with E-state index in [1.54, 1.807) is 14.2 Å². The molecule has 8 heteroatoms. The molecule has 4 rings (SSSR count). The summed E-state index contributed by atoms with van der Waals surface area (Å²) in [6.45, 7) is 2.38. The van der Waals surface area contributed by atoms with Crippen LogP contribution in [0.5, 0.6) is 11.5 Å². The zero-order chi connectivity index (χ0) is 20.4. The lowest BCUT2D eigenvalue weighted by Crippen LogP contribution is -2.17. The number of H-pyrrole nitrogens is 1. The lowest BCUT2D eigenvalue weighted by Gasteiger charge is -2.11. The predicted molar refractivity (Wildman–Crippen MR) is 111 cm³/mol. The molecule has 0 spiro atoms. The molecule has 0 radical (unpaired) electrons. The Morgan fingerprint density at radius 3 is 2.55 bits per heavy atom. The van der Waals surface area contributed by atoms with Crippen LogP contribution < -0.4 is 20.3 Å². The molecule has 0 aliphatic carbocycles. The van der Waals surface area contributed by atoms with Crippen molar-refractivity contribution < 1.29 is 9.47 Å². The number of methoxy groups -OCH3 is 2. The van der Waals surface area contributed by atoms with E-state index in [0.717, 1.165) is 28.3 Å². The number of aromatic nitrogens is 4. The molecule has 0 aliphatic rings. The van der Waals surface area contributed by atoms with Gasteiger partial charge in [0.05, 0.1) is 32.1 Å². The zero-order valence-electron chi connectivity index (χ0n) is 16.4. The smallest absolute Gasteiger partial charge is 0.274 e. The van der Waals surface area contributed by atoms with Crippen LogP contribution in [-0.4, -0.2) is 33.8 Å². The molecule has 8 nitrogen and oxygen atoms in total. The number of nitrogens with zero attached hydrogens (tertiary/aromatic N) is 3. The minimum Gasteiger partial charge on any atom is -0.497 e. The Labute approximate surface area is 167 Å². The summed E-state index contributed by atoms with van der Waals surface area (Å²) in [5.74, 6) is 2.36. The molecule has 2 aromatic carbocycles. The second-order valence-electron chi connectivity index (χ2n) is 6.58. The molecule has 2 aromatic heterocycles. The summed E-state index contributed by atoms with van der Waals surface area (Å²) in [5, 5.41) is 6.27. The molecule has 0 bridgehead atoms. The Kier molecular flexibility index (Phi) is 4.90. The number of benzene rings is 2. The third-order valence-electron chi connectivity index (χ3n) is 4.56. The maximum Gasteiger partial charge on any atom is 0.274 e. The van der Waals surface area contributed by atoms with Crippen LogP contribution in [0.4, 0.5) is 5.69 Å². The summed E-state index contributed by atoms with van der Waals surface area (Å²) >= 11 is 0. The monoisotopic (exact) mass is 391 g/mol. The molecule has 0 atom stereocenters. The van der Waals surface area contributed by atoms with E-state index in [-0.39, 0.29) is 5.56 Å². The fraction of sp³-hybridized carbons (Fsp3) is 0.190. The van der Waals surface area contributed by atoms with Crippen molar-refractivity contribution in [2.75, 3.05) is 19.5 Å². The molecule has 0 saturated carbocycles. The van der Waals surface area contributed by atoms with Crippen LogP contribution in [0.3, 0.4) is 0 Å². The molecule has 2 N–H and O–H groups in total. The topological polar surface area (TPSA) is 93.5 Å². The Bertz CT molecular complexity index is 1210. The molecule has 0 fully saturated rings. The summed E-state index contributed by atoms with van der Waals surface area (Å²) in [5.41, 5.74) is 3.14. The van der Waals surface area contributed by atoms with Crippen molar-refractivity contribution >= 4 is 11.5 Å². The summed E-state index contributed by atoms with van der Waals surface area (Å²) < 4.78 is 11.9. The fourth-order valence-electron chi connectivity index (χ4n) is 3.04. The van der Waals surface area contributed by atoms with Gasteiger partial charge in [-0.25, -0.2) is 4.98 Å². The lowest BCUT2D eigenvalue weighted by atomic mass is 10.2. The van der Waals surface area contributed by atoms with Crippen LogP contribution in [-0.2, 0) is 6.54 Å². The summed E-state index contributed by atoms with van der Waals surface area (Å²) in [7, 11) is 3.23. The Morgan fingerprint density at radius 2 is 1.83 bits per heavy atom. The van der Waals surface area contributed by atoms with E-state index in [0.29, 0.717) is 23.8 Å². The molecular formula is C21H21N5O3. The first-order valence-electron chi connectivity index (χ1n) is 9.09. The quantitative estimate of drug-likeness (QED) is 0.525. The van der Waals surface area contributed by atoms with Gasteiger partial charge in [-0.3, -0.25) is 9.89 Å². The number of fused-ring (bicyclic) bond motifs is 1. The van der Waals surface area contributed by atoms with E-state index in [1.807, 2.05) is 49.4 Å². The Hall–Kier alpha value is -3.81. The first kappa shape index (κ1) is 18.5. The van der Waals surface area contributed by atoms with E-state index >= 15 is 0 Å². The van der Waals surface area contributed by atoms with E-state index in [1.165, 1.54) is 10.6 Å². The first-order valence-corrected chi connectivity index (χ1v) is 9.09. The highest BCUT2D eigenvalue weighted by molar-refractivity contribution is 5.59. The first-order chi connectivity index (χ1) is 14.1. The fourth-order valence-corrected chi connectivity index (χ4v) is 3.04. The van der Waals surface area contributed by atoms with Gasteiger partial charge in [0.25, 0.3) is 11.3 Å². The molecule has 0 unspecified atom stereocenters. The maximum absolute atomic E-state index is 12.5. The van der Waals surface area contributed by atoms with Gasteiger partial charge in [-0.05, 0) is 48.9 Å². The number of ether oxygens (including phenoxy) is 2. The van der Waals surface area contributed by atoms with Crippen molar-refractivity contribution in [2.45, 2.75) is 13.5 Å². The van der Waals surface area contributed by atoms with Crippen molar-refractivity contribution in [1.82, 2.24) is 19.6 Å². The number of aryl methyl sites for hydroxylation is 1. The largest absolute Gasteiger partial charge is 0.497 e. The van der Waals surface area contributed by atoms with Gasteiger partial charge < -0.3 is 14.8 Å². The average molecular weight is 391 g/mol. The van der Waals surface area contributed by atoms with Gasteiger partial charge in [-0.15, -0.1) is 0 Å². The molecule has 0 aliphatic heterocycles. The number of aromatic amines is 1. The number of rotatable bonds is 6. The third kappa shape index (κ3) is 3.77. The zero-order valence-corrected chi connectivity index (χ0v) is 16.4. The highest BCUT2D eigenvalue weighted by Crippen LogP contribution is 2.25. The average Bonchev–Trinajstić information content (AvgIpc) is 3.17. The Morgan fingerprint density at radius 1 is 1.03 bits per heavy atom. The van der Waals surface area contributed by atoms with E-state index in [2.05, 4.69) is 20.4 Å². The van der Waals surface area contributed by atoms with E-state index in [4.69, 9.17) is 9.47 Å². The van der Waals surface area contributed by atoms with Gasteiger partial charge in [-0.1, -0.05) is 6.07 Å². The number of anilines is 1. The van der Waals surface area contributed by atoms with Crippen LogP contribution in [0.1, 0.15) is 11.3 Å². The lowest BCUT2D eigenvalue weighted by molar-refractivity contribution is 0.415. The number of hydrogen-bond donors (Lipinski definition) is 2. The van der Waals surface area contributed by atoms with Crippen molar-refractivity contribution in [3.8, 4) is 22.9 Å². The molecule has 29 heavy (non-hydrogen) atoms. The Balaban J connectivity index is 1.62. The summed E-state index contributed by atoms with van der Waals surface area (Å²) in [6, 6.07) is 14.8. The molecule has 0 amide bonds.